The van der Waals surface area contributed by atoms with E-state index in [0.717, 1.165) is 0 Å². The molecule has 0 saturated heterocycles. The highest BCUT2D eigenvalue weighted by Crippen LogP contribution is 2.13. The van der Waals surface area contributed by atoms with E-state index in [0.29, 0.717) is 16.9 Å². The van der Waals surface area contributed by atoms with Crippen molar-refractivity contribution >= 4 is 17.3 Å². The second-order valence-corrected chi connectivity index (χ2v) is 4.66. The number of nitrogens with two attached hydrogens (primary N) is 1. The molecule has 1 atom stereocenters. The van der Waals surface area contributed by atoms with Crippen molar-refractivity contribution in [3.05, 3.63) is 59.9 Å². The van der Waals surface area contributed by atoms with E-state index in [1.165, 1.54) is 6.07 Å². The maximum absolute atomic E-state index is 13.4. The highest BCUT2D eigenvalue weighted by molar-refractivity contribution is 5.94. The summed E-state index contributed by atoms with van der Waals surface area (Å²) >= 11 is 0. The number of benzene rings is 2. The molecule has 2 rings (SSSR count). The van der Waals surface area contributed by atoms with Crippen molar-refractivity contribution in [2.75, 3.05) is 11.1 Å². The molecule has 0 aliphatic rings. The third-order valence-electron chi connectivity index (χ3n) is 2.97. The van der Waals surface area contributed by atoms with Crippen LogP contribution in [-0.4, -0.2) is 12.0 Å². The Labute approximate surface area is 122 Å². The van der Waals surface area contributed by atoms with Gasteiger partial charge < -0.3 is 15.8 Å². The third-order valence-corrected chi connectivity index (χ3v) is 2.97. The maximum Gasteiger partial charge on any atom is 0.253 e. The molecule has 1 amide bonds. The fourth-order valence-corrected chi connectivity index (χ4v) is 1.77. The molecule has 0 saturated carbocycles. The van der Waals surface area contributed by atoms with Crippen LogP contribution in [0.3, 0.4) is 0 Å². The van der Waals surface area contributed by atoms with Crippen LogP contribution < -0.4 is 11.1 Å². The molecule has 21 heavy (non-hydrogen) atoms. The Bertz CT molecular complexity index is 631. The van der Waals surface area contributed by atoms with Crippen LogP contribution in [0.2, 0.25) is 0 Å². The molecule has 0 spiro atoms. The van der Waals surface area contributed by atoms with E-state index < -0.39 is 6.10 Å². The minimum absolute atomic E-state index is 0.0399. The van der Waals surface area contributed by atoms with Crippen molar-refractivity contribution in [2.24, 2.45) is 0 Å². The Morgan fingerprint density at radius 2 is 2.05 bits per heavy atom. The van der Waals surface area contributed by atoms with Crippen LogP contribution in [0.15, 0.2) is 48.5 Å². The zero-order valence-corrected chi connectivity index (χ0v) is 11.7. The molecule has 3 N–H and O–H groups in total. The van der Waals surface area contributed by atoms with Gasteiger partial charge >= 0.3 is 0 Å². The van der Waals surface area contributed by atoms with E-state index >= 15 is 0 Å². The molecule has 1 unspecified atom stereocenters. The molecule has 0 fully saturated rings. The summed E-state index contributed by atoms with van der Waals surface area (Å²) in [5, 5.41) is 2.70. The normalized spacial score (nSPS) is 11.9. The Morgan fingerprint density at radius 3 is 2.76 bits per heavy atom. The van der Waals surface area contributed by atoms with Crippen LogP contribution in [0.1, 0.15) is 12.5 Å². The lowest BCUT2D eigenvalue weighted by Crippen LogP contribution is -2.27. The second kappa shape index (κ2) is 6.85. The van der Waals surface area contributed by atoms with Gasteiger partial charge in [0.05, 0.1) is 6.61 Å². The van der Waals surface area contributed by atoms with Gasteiger partial charge in [-0.05, 0) is 31.2 Å². The first kappa shape index (κ1) is 15.0. The zero-order chi connectivity index (χ0) is 15.2. The maximum atomic E-state index is 13.4. The van der Waals surface area contributed by atoms with Crippen LogP contribution in [0.4, 0.5) is 15.8 Å². The fourth-order valence-electron chi connectivity index (χ4n) is 1.77. The monoisotopic (exact) mass is 288 g/mol. The summed E-state index contributed by atoms with van der Waals surface area (Å²) < 4.78 is 18.8. The quantitative estimate of drug-likeness (QED) is 0.831. The molecule has 110 valence electrons. The number of hydrogen-bond acceptors (Lipinski definition) is 3. The van der Waals surface area contributed by atoms with Crippen molar-refractivity contribution in [3.8, 4) is 0 Å². The van der Waals surface area contributed by atoms with Crippen LogP contribution in [0.25, 0.3) is 0 Å². The van der Waals surface area contributed by atoms with Crippen molar-refractivity contribution in [1.29, 1.82) is 0 Å². The van der Waals surface area contributed by atoms with Gasteiger partial charge in [0.15, 0.2) is 0 Å². The van der Waals surface area contributed by atoms with E-state index in [4.69, 9.17) is 10.5 Å². The number of hydrogen-bond donors (Lipinski definition) is 2. The van der Waals surface area contributed by atoms with Gasteiger partial charge in [-0.15, -0.1) is 0 Å². The topological polar surface area (TPSA) is 64.3 Å². The Morgan fingerprint density at radius 1 is 1.29 bits per heavy atom. The number of ether oxygens (including phenoxy) is 1. The van der Waals surface area contributed by atoms with Crippen LogP contribution >= 0.6 is 0 Å². The number of amides is 1. The van der Waals surface area contributed by atoms with Gasteiger partial charge in [-0.25, -0.2) is 4.39 Å². The molecule has 0 heterocycles. The molecule has 0 aliphatic heterocycles. The molecule has 0 bridgehead atoms. The summed E-state index contributed by atoms with van der Waals surface area (Å²) in [4.78, 5) is 12.0. The average Bonchev–Trinajstić information content (AvgIpc) is 2.46. The Hall–Kier alpha value is -2.40. The smallest absolute Gasteiger partial charge is 0.253 e. The van der Waals surface area contributed by atoms with E-state index in [1.807, 2.05) is 0 Å². The van der Waals surface area contributed by atoms with Crippen molar-refractivity contribution in [2.45, 2.75) is 19.6 Å². The molecule has 2 aromatic rings. The van der Waals surface area contributed by atoms with E-state index in [-0.39, 0.29) is 18.3 Å². The van der Waals surface area contributed by atoms with Crippen molar-refractivity contribution in [3.63, 3.8) is 0 Å². The van der Waals surface area contributed by atoms with Crippen LogP contribution in [0, 0.1) is 5.82 Å². The van der Waals surface area contributed by atoms with E-state index in [2.05, 4.69) is 5.32 Å². The summed E-state index contributed by atoms with van der Waals surface area (Å²) in [6, 6.07) is 13.2. The van der Waals surface area contributed by atoms with E-state index in [9.17, 15) is 9.18 Å². The minimum atomic E-state index is -0.703. The van der Waals surface area contributed by atoms with Gasteiger partial charge in [-0.3, -0.25) is 4.79 Å². The number of halogens is 1. The predicted octanol–water partition coefficient (Wildman–Crippen LogP) is 2.95. The third kappa shape index (κ3) is 4.29. The summed E-state index contributed by atoms with van der Waals surface area (Å²) in [6.07, 6.45) is -0.703. The van der Waals surface area contributed by atoms with Gasteiger partial charge in [0.2, 0.25) is 0 Å². The molecule has 0 radical (unpaired) electrons. The summed E-state index contributed by atoms with van der Waals surface area (Å²) in [7, 11) is 0. The average molecular weight is 288 g/mol. The SMILES string of the molecule is CC(OCc1ccccc1F)C(=O)Nc1cccc(N)c1. The Balaban J connectivity index is 1.90. The molecule has 0 aromatic heterocycles. The van der Waals surface area contributed by atoms with Crippen LogP contribution in [-0.2, 0) is 16.1 Å². The highest BCUT2D eigenvalue weighted by Gasteiger charge is 2.14. The second-order valence-electron chi connectivity index (χ2n) is 4.66. The lowest BCUT2D eigenvalue weighted by molar-refractivity contribution is -0.127. The van der Waals surface area contributed by atoms with Crippen LogP contribution in [0.5, 0.6) is 0 Å². The lowest BCUT2D eigenvalue weighted by atomic mass is 10.2. The zero-order valence-electron chi connectivity index (χ0n) is 11.7. The van der Waals surface area contributed by atoms with Gasteiger partial charge in [0.25, 0.3) is 5.91 Å². The highest BCUT2D eigenvalue weighted by atomic mass is 19.1. The van der Waals surface area contributed by atoms with Gasteiger partial charge in [-0.2, -0.15) is 0 Å². The number of carbonyl (C=O) groups is 1. The van der Waals surface area contributed by atoms with Crippen molar-refractivity contribution in [1.82, 2.24) is 0 Å². The molecule has 2 aromatic carbocycles. The Kier molecular flexibility index (Phi) is 4.90. The van der Waals surface area contributed by atoms with Gasteiger partial charge in [-0.1, -0.05) is 24.3 Å². The number of anilines is 2. The molecule has 5 heteroatoms. The number of carbonyl (C=O) groups excluding carboxylic acids is 1. The molecular weight excluding hydrogens is 271 g/mol. The molecule has 0 aliphatic carbocycles. The van der Waals surface area contributed by atoms with Crippen molar-refractivity contribution < 1.29 is 13.9 Å². The van der Waals surface area contributed by atoms with Gasteiger partial charge in [0.1, 0.15) is 11.9 Å². The summed E-state index contributed by atoms with van der Waals surface area (Å²) in [5.74, 6) is -0.655. The number of nitrogens with one attached hydrogen (secondary N) is 1. The van der Waals surface area contributed by atoms with Gasteiger partial charge in [0, 0.05) is 16.9 Å². The predicted molar refractivity (Wildman–Crippen MR) is 80.1 cm³/mol. The molecular formula is C16H17FN2O2. The number of nitrogen functional groups attached to an aromatic ring is 1. The van der Waals surface area contributed by atoms with E-state index in [1.54, 1.807) is 49.4 Å². The number of rotatable bonds is 5. The first-order valence-electron chi connectivity index (χ1n) is 6.57. The lowest BCUT2D eigenvalue weighted by Gasteiger charge is -2.14. The standard InChI is InChI=1S/C16H17FN2O2/c1-11(21-10-12-5-2-3-8-15(12)17)16(20)19-14-7-4-6-13(18)9-14/h2-9,11H,10,18H2,1H3,(H,19,20). The first-order chi connectivity index (χ1) is 10.1. The first-order valence-corrected chi connectivity index (χ1v) is 6.57. The summed E-state index contributed by atoms with van der Waals surface area (Å²) in [6.45, 7) is 1.65. The molecule has 4 nitrogen and oxygen atoms in total. The summed E-state index contributed by atoms with van der Waals surface area (Å²) in [5.41, 5.74) is 7.22. The minimum Gasteiger partial charge on any atom is -0.399 e. The largest absolute Gasteiger partial charge is 0.399 e. The fraction of sp³-hybridized carbons (Fsp3) is 0.188.